The molecular weight excluding hydrogens is 288 g/mol. The molecule has 2 unspecified atom stereocenters. The number of carboxylic acid groups (broad SMARTS) is 1. The van der Waals surface area contributed by atoms with E-state index in [-0.39, 0.29) is 12.0 Å². The van der Waals surface area contributed by atoms with E-state index in [9.17, 15) is 9.90 Å². The third-order valence-electron chi connectivity index (χ3n) is 4.67. The molecule has 0 bridgehead atoms. The molecule has 23 heavy (non-hydrogen) atoms. The van der Waals surface area contributed by atoms with Crippen LogP contribution in [-0.2, 0) is 4.79 Å². The van der Waals surface area contributed by atoms with E-state index in [0.29, 0.717) is 6.54 Å². The zero-order valence-electron chi connectivity index (χ0n) is 13.4. The summed E-state index contributed by atoms with van der Waals surface area (Å²) in [4.78, 5) is 17.9. The number of likely N-dealkylation sites (tertiary alicyclic amines) is 1. The summed E-state index contributed by atoms with van der Waals surface area (Å²) in [7, 11) is 0. The molecule has 0 amide bonds. The SMILES string of the molecule is Cc1ccccc1C(c1ccncc1)N1CCCC(C(=O)O)C1. The minimum Gasteiger partial charge on any atom is -0.481 e. The van der Waals surface area contributed by atoms with Gasteiger partial charge in [-0.25, -0.2) is 0 Å². The first-order chi connectivity index (χ1) is 11.2. The van der Waals surface area contributed by atoms with E-state index >= 15 is 0 Å². The number of aryl methyl sites for hydroxylation is 1. The van der Waals surface area contributed by atoms with E-state index in [1.807, 2.05) is 18.2 Å². The van der Waals surface area contributed by atoms with Crippen LogP contribution in [0.25, 0.3) is 0 Å². The largest absolute Gasteiger partial charge is 0.481 e. The Morgan fingerprint density at radius 3 is 2.70 bits per heavy atom. The van der Waals surface area contributed by atoms with Crippen molar-refractivity contribution in [2.24, 2.45) is 5.92 Å². The maximum Gasteiger partial charge on any atom is 0.307 e. The lowest BCUT2D eigenvalue weighted by Crippen LogP contribution is -2.41. The van der Waals surface area contributed by atoms with Gasteiger partial charge in [0.25, 0.3) is 0 Å². The summed E-state index contributed by atoms with van der Waals surface area (Å²) in [6, 6.07) is 12.5. The van der Waals surface area contributed by atoms with Gasteiger partial charge < -0.3 is 5.11 Å². The molecule has 120 valence electrons. The molecule has 2 aromatic rings. The molecule has 1 aromatic heterocycles. The lowest BCUT2D eigenvalue weighted by molar-refractivity contribution is -0.143. The Balaban J connectivity index is 1.99. The smallest absolute Gasteiger partial charge is 0.307 e. The van der Waals surface area contributed by atoms with Crippen molar-refractivity contribution in [1.29, 1.82) is 0 Å². The molecule has 0 saturated carbocycles. The Bertz CT molecular complexity index is 672. The molecule has 2 atom stereocenters. The number of aliphatic carboxylic acids is 1. The number of benzene rings is 1. The van der Waals surface area contributed by atoms with Gasteiger partial charge >= 0.3 is 5.97 Å². The highest BCUT2D eigenvalue weighted by Crippen LogP contribution is 2.33. The Kier molecular flexibility index (Phi) is 4.72. The predicted molar refractivity (Wildman–Crippen MR) is 89.2 cm³/mol. The molecule has 1 N–H and O–H groups in total. The maximum absolute atomic E-state index is 11.4. The van der Waals surface area contributed by atoms with Gasteiger partial charge in [-0.1, -0.05) is 24.3 Å². The van der Waals surface area contributed by atoms with Crippen molar-refractivity contribution in [1.82, 2.24) is 9.88 Å². The van der Waals surface area contributed by atoms with Crippen LogP contribution in [0.3, 0.4) is 0 Å². The summed E-state index contributed by atoms with van der Waals surface area (Å²) >= 11 is 0. The van der Waals surface area contributed by atoms with Gasteiger partial charge in [0.1, 0.15) is 0 Å². The lowest BCUT2D eigenvalue weighted by Gasteiger charge is -2.38. The van der Waals surface area contributed by atoms with Gasteiger partial charge in [0.15, 0.2) is 0 Å². The summed E-state index contributed by atoms with van der Waals surface area (Å²) in [6.07, 6.45) is 5.30. The molecule has 1 aromatic carbocycles. The molecule has 1 fully saturated rings. The summed E-state index contributed by atoms with van der Waals surface area (Å²) in [5.74, 6) is -0.968. The van der Waals surface area contributed by atoms with Gasteiger partial charge in [0.05, 0.1) is 12.0 Å². The highest BCUT2D eigenvalue weighted by molar-refractivity contribution is 5.70. The molecule has 3 rings (SSSR count). The number of pyridine rings is 1. The molecule has 0 radical (unpaired) electrons. The first kappa shape index (κ1) is 15.7. The number of carboxylic acids is 1. The first-order valence-electron chi connectivity index (χ1n) is 8.09. The van der Waals surface area contributed by atoms with Crippen molar-refractivity contribution in [3.05, 3.63) is 65.5 Å². The van der Waals surface area contributed by atoms with Crippen LogP contribution >= 0.6 is 0 Å². The molecule has 1 aliphatic rings. The number of hydrogen-bond acceptors (Lipinski definition) is 3. The van der Waals surface area contributed by atoms with E-state index < -0.39 is 5.97 Å². The van der Waals surface area contributed by atoms with Crippen LogP contribution in [0.4, 0.5) is 0 Å². The third kappa shape index (κ3) is 3.42. The van der Waals surface area contributed by atoms with E-state index in [4.69, 9.17) is 0 Å². The average Bonchev–Trinajstić information content (AvgIpc) is 2.58. The minimum absolute atomic E-state index is 0.0846. The molecule has 1 saturated heterocycles. The van der Waals surface area contributed by atoms with Crippen LogP contribution < -0.4 is 0 Å². The van der Waals surface area contributed by atoms with Crippen molar-refractivity contribution in [2.75, 3.05) is 13.1 Å². The molecule has 0 spiro atoms. The van der Waals surface area contributed by atoms with E-state index in [1.54, 1.807) is 12.4 Å². The number of rotatable bonds is 4. The van der Waals surface area contributed by atoms with Gasteiger partial charge in [-0.2, -0.15) is 0 Å². The molecule has 1 aliphatic heterocycles. The molecule has 4 nitrogen and oxygen atoms in total. The van der Waals surface area contributed by atoms with Crippen LogP contribution in [0.2, 0.25) is 0 Å². The first-order valence-corrected chi connectivity index (χ1v) is 8.09. The van der Waals surface area contributed by atoms with Crippen LogP contribution in [0.5, 0.6) is 0 Å². The van der Waals surface area contributed by atoms with Gasteiger partial charge in [-0.3, -0.25) is 14.7 Å². The second-order valence-corrected chi connectivity index (χ2v) is 6.21. The normalized spacial score (nSPS) is 20.1. The van der Waals surface area contributed by atoms with E-state index in [0.717, 1.165) is 19.4 Å². The number of piperidine rings is 1. The highest BCUT2D eigenvalue weighted by atomic mass is 16.4. The average molecular weight is 310 g/mol. The van der Waals surface area contributed by atoms with Gasteiger partial charge in [0.2, 0.25) is 0 Å². The standard InChI is InChI=1S/C19H22N2O2/c1-14-5-2-3-7-17(14)18(15-8-10-20-11-9-15)21-12-4-6-16(13-21)19(22)23/h2-3,5,7-11,16,18H,4,6,12-13H2,1H3,(H,22,23). The molecule has 4 heteroatoms. The topological polar surface area (TPSA) is 53.4 Å². The summed E-state index contributed by atoms with van der Waals surface area (Å²) < 4.78 is 0. The minimum atomic E-state index is -0.687. The van der Waals surface area contributed by atoms with Crippen molar-refractivity contribution >= 4 is 5.97 Å². The predicted octanol–water partition coefficient (Wildman–Crippen LogP) is 3.28. The van der Waals surface area contributed by atoms with Crippen molar-refractivity contribution < 1.29 is 9.90 Å². The fraction of sp³-hybridized carbons (Fsp3) is 0.368. The Labute approximate surface area is 136 Å². The fourth-order valence-corrected chi connectivity index (χ4v) is 3.47. The number of carbonyl (C=O) groups is 1. The van der Waals surface area contributed by atoms with E-state index in [1.165, 1.54) is 16.7 Å². The monoisotopic (exact) mass is 310 g/mol. The molecule has 0 aliphatic carbocycles. The molecule has 2 heterocycles. The zero-order chi connectivity index (χ0) is 16.2. The van der Waals surface area contributed by atoms with Crippen molar-refractivity contribution in [3.8, 4) is 0 Å². The second-order valence-electron chi connectivity index (χ2n) is 6.21. The quantitative estimate of drug-likeness (QED) is 0.941. The van der Waals surface area contributed by atoms with Crippen LogP contribution in [0.1, 0.15) is 35.6 Å². The van der Waals surface area contributed by atoms with Crippen LogP contribution in [0.15, 0.2) is 48.8 Å². The summed E-state index contributed by atoms with van der Waals surface area (Å²) in [5.41, 5.74) is 3.64. The number of hydrogen-bond donors (Lipinski definition) is 1. The number of nitrogens with zero attached hydrogens (tertiary/aromatic N) is 2. The van der Waals surface area contributed by atoms with Crippen LogP contribution in [-0.4, -0.2) is 34.0 Å². The lowest BCUT2D eigenvalue weighted by atomic mass is 9.90. The summed E-state index contributed by atoms with van der Waals surface area (Å²) in [5, 5.41) is 9.40. The van der Waals surface area contributed by atoms with Crippen molar-refractivity contribution in [3.63, 3.8) is 0 Å². The second kappa shape index (κ2) is 6.92. The van der Waals surface area contributed by atoms with Gasteiger partial charge in [0, 0.05) is 18.9 Å². The fourth-order valence-electron chi connectivity index (χ4n) is 3.47. The van der Waals surface area contributed by atoms with Crippen LogP contribution in [0, 0.1) is 12.8 Å². The summed E-state index contributed by atoms with van der Waals surface area (Å²) in [6.45, 7) is 3.63. The zero-order valence-corrected chi connectivity index (χ0v) is 13.4. The Hall–Kier alpha value is -2.20. The highest BCUT2D eigenvalue weighted by Gasteiger charge is 2.31. The maximum atomic E-state index is 11.4. The Morgan fingerprint density at radius 2 is 2.00 bits per heavy atom. The number of aromatic nitrogens is 1. The van der Waals surface area contributed by atoms with Gasteiger partial charge in [-0.15, -0.1) is 0 Å². The third-order valence-corrected chi connectivity index (χ3v) is 4.67. The molecular formula is C19H22N2O2. The van der Waals surface area contributed by atoms with Crippen molar-refractivity contribution in [2.45, 2.75) is 25.8 Å². The van der Waals surface area contributed by atoms with E-state index in [2.05, 4.69) is 35.0 Å². The Morgan fingerprint density at radius 1 is 1.26 bits per heavy atom. The van der Waals surface area contributed by atoms with Gasteiger partial charge in [-0.05, 0) is 55.1 Å².